The quantitative estimate of drug-likeness (QED) is 0.407. The van der Waals surface area contributed by atoms with Gasteiger partial charge in [-0.05, 0) is 22.6 Å². The number of carbonyl (C=O) groups is 2. The molecule has 0 amide bonds. The van der Waals surface area contributed by atoms with E-state index in [1.165, 1.54) is 14.0 Å². The monoisotopic (exact) mass is 258 g/mol. The molecule has 10 heavy (non-hydrogen) atoms. The van der Waals surface area contributed by atoms with Crippen LogP contribution in [0.3, 0.4) is 0 Å². The minimum atomic E-state index is -0.245. The Hall–Kier alpha value is -0.130. The van der Waals surface area contributed by atoms with Crippen LogP contribution in [0.15, 0.2) is 0 Å². The van der Waals surface area contributed by atoms with Crippen LogP contribution in [0, 0.1) is 0 Å². The molecule has 0 bridgehead atoms. The molecule has 0 aliphatic rings. The maximum Gasteiger partial charge on any atom is 0.302 e. The van der Waals surface area contributed by atoms with Gasteiger partial charge in [0.2, 0.25) is 0 Å². The lowest BCUT2D eigenvalue weighted by atomic mass is 10.6. The van der Waals surface area contributed by atoms with E-state index in [9.17, 15) is 9.59 Å². The molecule has 0 radical (unpaired) electrons. The van der Waals surface area contributed by atoms with Crippen LogP contribution in [0.2, 0.25) is 0 Å². The SMILES string of the molecule is CCC(=O)I.COC(C)=O. The van der Waals surface area contributed by atoms with E-state index in [1.54, 1.807) is 22.6 Å². The van der Waals surface area contributed by atoms with E-state index in [-0.39, 0.29) is 9.76 Å². The molecule has 0 fully saturated rings. The number of esters is 1. The van der Waals surface area contributed by atoms with Crippen molar-refractivity contribution in [3.05, 3.63) is 0 Å². The minimum Gasteiger partial charge on any atom is -0.469 e. The van der Waals surface area contributed by atoms with Gasteiger partial charge in [0.25, 0.3) is 0 Å². The third kappa shape index (κ3) is 24.8. The Morgan fingerprint density at radius 3 is 1.70 bits per heavy atom. The van der Waals surface area contributed by atoms with E-state index in [4.69, 9.17) is 0 Å². The number of rotatable bonds is 1. The van der Waals surface area contributed by atoms with Crippen molar-refractivity contribution >= 4 is 32.4 Å². The number of carbonyl (C=O) groups excluding carboxylic acids is 2. The summed E-state index contributed by atoms with van der Waals surface area (Å²) in [6, 6.07) is 0. The number of ether oxygens (including phenoxy) is 1. The van der Waals surface area contributed by atoms with E-state index in [0.717, 1.165) is 0 Å². The van der Waals surface area contributed by atoms with Crippen molar-refractivity contribution in [2.75, 3.05) is 7.11 Å². The zero-order chi connectivity index (χ0) is 8.57. The van der Waals surface area contributed by atoms with Crippen LogP contribution in [-0.4, -0.2) is 16.9 Å². The van der Waals surface area contributed by atoms with Gasteiger partial charge in [-0.1, -0.05) is 6.92 Å². The van der Waals surface area contributed by atoms with Gasteiger partial charge in [-0.3, -0.25) is 9.59 Å². The Kier molecular flexibility index (Phi) is 11.1. The minimum absolute atomic E-state index is 0.225. The summed E-state index contributed by atoms with van der Waals surface area (Å²) < 4.78 is 4.34. The van der Waals surface area contributed by atoms with Gasteiger partial charge in [-0.25, -0.2) is 0 Å². The summed E-state index contributed by atoms with van der Waals surface area (Å²) in [5.74, 6) is -0.245. The highest BCUT2D eigenvalue weighted by molar-refractivity contribution is 14.1. The molecule has 4 heteroatoms. The first-order valence-corrected chi connectivity index (χ1v) is 3.85. The highest BCUT2D eigenvalue weighted by Crippen LogP contribution is 1.87. The van der Waals surface area contributed by atoms with Crippen molar-refractivity contribution in [2.24, 2.45) is 0 Å². The summed E-state index contributed by atoms with van der Waals surface area (Å²) in [4.78, 5) is 19.4. The van der Waals surface area contributed by atoms with Crippen LogP contribution in [0.4, 0.5) is 0 Å². The molecule has 0 aromatic heterocycles. The average Bonchev–Trinajstić information content (AvgIpc) is 1.89. The first-order chi connectivity index (χ1) is 4.54. The summed E-state index contributed by atoms with van der Waals surface area (Å²) in [5.41, 5.74) is 0. The van der Waals surface area contributed by atoms with E-state index in [0.29, 0.717) is 6.42 Å². The van der Waals surface area contributed by atoms with Crippen molar-refractivity contribution in [3.8, 4) is 0 Å². The summed E-state index contributed by atoms with van der Waals surface area (Å²) in [5, 5.41) is 0. The standard InChI is InChI=1S/C3H5IO.C3H6O2/c1-2-3(4)5;1-3(4)5-2/h2H2,1H3;1-2H3. The Morgan fingerprint density at radius 1 is 1.50 bits per heavy atom. The van der Waals surface area contributed by atoms with Gasteiger partial charge >= 0.3 is 5.97 Å². The fourth-order valence-corrected chi connectivity index (χ4v) is 0. The molecule has 0 rings (SSSR count). The van der Waals surface area contributed by atoms with Crippen molar-refractivity contribution in [3.63, 3.8) is 0 Å². The van der Waals surface area contributed by atoms with Crippen molar-refractivity contribution in [1.29, 1.82) is 0 Å². The molecule has 0 heterocycles. The Balaban J connectivity index is 0. The van der Waals surface area contributed by atoms with Gasteiger partial charge in [-0.2, -0.15) is 0 Å². The molecule has 0 unspecified atom stereocenters. The summed E-state index contributed by atoms with van der Waals surface area (Å²) >= 11 is 1.77. The van der Waals surface area contributed by atoms with Gasteiger partial charge < -0.3 is 4.74 Å². The molecule has 0 aromatic rings. The fourth-order valence-electron chi connectivity index (χ4n) is 0. The maximum absolute atomic E-state index is 9.80. The molecule has 0 aromatic carbocycles. The third-order valence-corrected chi connectivity index (χ3v) is 1.33. The molecular weight excluding hydrogens is 247 g/mol. The number of halogens is 1. The smallest absolute Gasteiger partial charge is 0.302 e. The Labute approximate surface area is 74.3 Å². The number of hydrogen-bond acceptors (Lipinski definition) is 3. The van der Waals surface area contributed by atoms with Gasteiger partial charge in [0, 0.05) is 13.3 Å². The van der Waals surface area contributed by atoms with E-state index < -0.39 is 0 Å². The van der Waals surface area contributed by atoms with Gasteiger partial charge in [0.05, 0.1) is 7.11 Å². The highest BCUT2D eigenvalue weighted by Gasteiger charge is 1.80. The zero-order valence-electron chi connectivity index (χ0n) is 6.31. The summed E-state index contributed by atoms with van der Waals surface area (Å²) in [6.45, 7) is 3.20. The van der Waals surface area contributed by atoms with Crippen LogP contribution in [0.1, 0.15) is 20.3 Å². The first-order valence-electron chi connectivity index (χ1n) is 2.77. The van der Waals surface area contributed by atoms with Gasteiger partial charge in [0.1, 0.15) is 0 Å². The highest BCUT2D eigenvalue weighted by atomic mass is 127. The molecule has 60 valence electrons. The molecule has 0 saturated carbocycles. The second-order valence-electron chi connectivity index (χ2n) is 1.40. The van der Waals surface area contributed by atoms with Crippen molar-refractivity contribution < 1.29 is 14.3 Å². The lowest BCUT2D eigenvalue weighted by Crippen LogP contribution is -1.88. The second-order valence-corrected chi connectivity index (χ2v) is 2.61. The molecule has 0 atom stereocenters. The second kappa shape index (κ2) is 8.87. The molecule has 0 aliphatic carbocycles. The van der Waals surface area contributed by atoms with Crippen molar-refractivity contribution in [1.82, 2.24) is 0 Å². The van der Waals surface area contributed by atoms with Gasteiger partial charge in [-0.15, -0.1) is 0 Å². The Morgan fingerprint density at radius 2 is 1.70 bits per heavy atom. The van der Waals surface area contributed by atoms with Crippen LogP contribution in [0.5, 0.6) is 0 Å². The largest absolute Gasteiger partial charge is 0.469 e. The molecule has 3 nitrogen and oxygen atoms in total. The van der Waals surface area contributed by atoms with Crippen LogP contribution >= 0.6 is 22.6 Å². The normalized spacial score (nSPS) is 7.20. The fraction of sp³-hybridized carbons (Fsp3) is 0.667. The first kappa shape index (κ1) is 12.5. The molecule has 0 aliphatic heterocycles. The molecule has 0 spiro atoms. The topological polar surface area (TPSA) is 43.4 Å². The number of hydrogen-bond donors (Lipinski definition) is 0. The lowest BCUT2D eigenvalue weighted by Gasteiger charge is -1.80. The average molecular weight is 258 g/mol. The Bertz CT molecular complexity index is 97.6. The predicted molar refractivity (Wildman–Crippen MR) is 47.0 cm³/mol. The van der Waals surface area contributed by atoms with Crippen LogP contribution in [0.25, 0.3) is 0 Å². The molecular formula is C6H11IO3. The maximum atomic E-state index is 9.80. The van der Waals surface area contributed by atoms with Gasteiger partial charge in [0.15, 0.2) is 3.79 Å². The molecule has 0 saturated heterocycles. The van der Waals surface area contributed by atoms with Crippen LogP contribution < -0.4 is 0 Å². The van der Waals surface area contributed by atoms with E-state index in [1.807, 2.05) is 6.92 Å². The van der Waals surface area contributed by atoms with Crippen LogP contribution in [-0.2, 0) is 14.3 Å². The lowest BCUT2D eigenvalue weighted by molar-refractivity contribution is -0.137. The number of methoxy groups -OCH3 is 1. The van der Waals surface area contributed by atoms with E-state index in [2.05, 4.69) is 4.74 Å². The van der Waals surface area contributed by atoms with Crippen molar-refractivity contribution in [2.45, 2.75) is 20.3 Å². The van der Waals surface area contributed by atoms with E-state index >= 15 is 0 Å². The third-order valence-electron chi connectivity index (χ3n) is 0.565. The summed E-state index contributed by atoms with van der Waals surface area (Å²) in [7, 11) is 1.35. The zero-order valence-corrected chi connectivity index (χ0v) is 8.47. The molecule has 0 N–H and O–H groups in total. The predicted octanol–water partition coefficient (Wildman–Crippen LogP) is 1.54. The summed E-state index contributed by atoms with van der Waals surface area (Å²) in [6.07, 6.45) is 0.653.